The van der Waals surface area contributed by atoms with E-state index in [-0.39, 0.29) is 17.9 Å². The average molecular weight is 250 g/mol. The third-order valence-electron chi connectivity index (χ3n) is 3.76. The van der Waals surface area contributed by atoms with Crippen LogP contribution in [0.25, 0.3) is 0 Å². The predicted octanol–water partition coefficient (Wildman–Crippen LogP) is 2.15. The summed E-state index contributed by atoms with van der Waals surface area (Å²) >= 11 is 0. The van der Waals surface area contributed by atoms with Crippen LogP contribution in [0.4, 0.5) is 0 Å². The molecule has 4 heteroatoms. The molecule has 2 rings (SSSR count). The minimum Gasteiger partial charge on any atom is -0.472 e. The molecule has 1 amide bonds. The molecule has 1 heterocycles. The van der Waals surface area contributed by atoms with Gasteiger partial charge in [0.1, 0.15) is 0 Å². The van der Waals surface area contributed by atoms with Gasteiger partial charge in [-0.1, -0.05) is 19.3 Å². The largest absolute Gasteiger partial charge is 0.472 e. The van der Waals surface area contributed by atoms with Gasteiger partial charge in [-0.2, -0.15) is 0 Å². The molecule has 1 aromatic heterocycles. The third-order valence-corrected chi connectivity index (χ3v) is 3.76. The summed E-state index contributed by atoms with van der Waals surface area (Å²) in [6.45, 7) is 0.596. The zero-order valence-electron chi connectivity index (χ0n) is 11.0. The number of carbonyl (C=O) groups excluding carboxylic acids is 1. The Morgan fingerprint density at radius 3 is 2.94 bits per heavy atom. The second kappa shape index (κ2) is 6.05. The van der Waals surface area contributed by atoms with Gasteiger partial charge in [-0.25, -0.2) is 0 Å². The van der Waals surface area contributed by atoms with E-state index in [2.05, 4.69) is 0 Å². The number of amides is 1. The normalized spacial score (nSPS) is 24.6. The number of nitrogens with zero attached hydrogens (tertiary/aromatic N) is 1. The first-order chi connectivity index (χ1) is 8.68. The molecule has 1 aliphatic carbocycles. The summed E-state index contributed by atoms with van der Waals surface area (Å²) in [6, 6.07) is 1.91. The predicted molar refractivity (Wildman–Crippen MR) is 69.7 cm³/mol. The van der Waals surface area contributed by atoms with Gasteiger partial charge in [-0.05, 0) is 18.9 Å². The third kappa shape index (κ3) is 3.13. The molecule has 0 saturated heterocycles. The molecule has 0 aliphatic heterocycles. The van der Waals surface area contributed by atoms with E-state index in [1.165, 1.54) is 6.42 Å². The molecule has 100 valence electrons. The van der Waals surface area contributed by atoms with Crippen molar-refractivity contribution in [3.05, 3.63) is 24.2 Å². The molecule has 2 unspecified atom stereocenters. The van der Waals surface area contributed by atoms with E-state index in [0.29, 0.717) is 6.54 Å². The van der Waals surface area contributed by atoms with Crippen LogP contribution in [0.3, 0.4) is 0 Å². The average Bonchev–Trinajstić information content (AvgIpc) is 2.76. The molecule has 4 nitrogen and oxygen atoms in total. The molecule has 18 heavy (non-hydrogen) atoms. The number of nitrogens with two attached hydrogens (primary N) is 1. The molecule has 0 radical (unpaired) electrons. The van der Waals surface area contributed by atoms with Gasteiger partial charge in [0, 0.05) is 25.2 Å². The Morgan fingerprint density at radius 2 is 2.22 bits per heavy atom. The summed E-state index contributed by atoms with van der Waals surface area (Å²) in [5, 5.41) is 0. The summed E-state index contributed by atoms with van der Waals surface area (Å²) in [5.74, 6) is 0.162. The Bertz CT molecular complexity index is 375. The van der Waals surface area contributed by atoms with Gasteiger partial charge < -0.3 is 15.1 Å². The van der Waals surface area contributed by atoms with Crippen LogP contribution < -0.4 is 5.73 Å². The smallest absolute Gasteiger partial charge is 0.227 e. The first kappa shape index (κ1) is 13.1. The Hall–Kier alpha value is -1.29. The molecular formula is C14H22N2O2. The molecule has 1 saturated carbocycles. The molecule has 2 atom stereocenters. The maximum Gasteiger partial charge on any atom is 0.227 e. The second-order valence-electron chi connectivity index (χ2n) is 5.23. The molecule has 1 aliphatic rings. The van der Waals surface area contributed by atoms with Crippen molar-refractivity contribution >= 4 is 5.91 Å². The fraction of sp³-hybridized carbons (Fsp3) is 0.643. The molecule has 1 aromatic rings. The maximum absolute atomic E-state index is 12.4. The number of carbonyl (C=O) groups is 1. The summed E-state index contributed by atoms with van der Waals surface area (Å²) in [6.07, 6.45) is 8.66. The van der Waals surface area contributed by atoms with Gasteiger partial charge in [0.2, 0.25) is 5.91 Å². The minimum atomic E-state index is -0.00981. The lowest BCUT2D eigenvalue weighted by atomic mass is 9.94. The van der Waals surface area contributed by atoms with Gasteiger partial charge in [-0.15, -0.1) is 0 Å². The maximum atomic E-state index is 12.4. The summed E-state index contributed by atoms with van der Waals surface area (Å²) < 4.78 is 5.02. The summed E-state index contributed by atoms with van der Waals surface area (Å²) in [5.41, 5.74) is 7.15. The highest BCUT2D eigenvalue weighted by atomic mass is 16.3. The topological polar surface area (TPSA) is 59.5 Å². The van der Waals surface area contributed by atoms with Crippen LogP contribution in [0.15, 0.2) is 23.0 Å². The summed E-state index contributed by atoms with van der Waals surface area (Å²) in [4.78, 5) is 14.2. The highest BCUT2D eigenvalue weighted by molar-refractivity contribution is 5.79. The van der Waals surface area contributed by atoms with E-state index in [9.17, 15) is 4.79 Å². The van der Waals surface area contributed by atoms with Crippen molar-refractivity contribution in [1.82, 2.24) is 4.90 Å². The summed E-state index contributed by atoms with van der Waals surface area (Å²) in [7, 11) is 1.84. The lowest BCUT2D eigenvalue weighted by molar-refractivity contribution is -0.135. The Labute approximate surface area is 108 Å². The van der Waals surface area contributed by atoms with Gasteiger partial charge in [0.05, 0.1) is 18.4 Å². The van der Waals surface area contributed by atoms with E-state index in [1.807, 2.05) is 13.1 Å². The fourth-order valence-electron chi connectivity index (χ4n) is 2.66. The van der Waals surface area contributed by atoms with Crippen molar-refractivity contribution in [2.24, 2.45) is 11.7 Å². The van der Waals surface area contributed by atoms with Crippen molar-refractivity contribution in [1.29, 1.82) is 0 Å². The van der Waals surface area contributed by atoms with Gasteiger partial charge >= 0.3 is 0 Å². The Morgan fingerprint density at radius 1 is 1.44 bits per heavy atom. The molecule has 2 N–H and O–H groups in total. The number of hydrogen-bond acceptors (Lipinski definition) is 3. The number of rotatable bonds is 3. The number of hydrogen-bond donors (Lipinski definition) is 1. The van der Waals surface area contributed by atoms with Crippen LogP contribution >= 0.6 is 0 Å². The standard InChI is InChI=1S/C14H22N2O2/c1-16(9-11-7-8-18-10-11)14(17)12-5-3-2-4-6-13(12)15/h7-8,10,12-13H,2-6,9,15H2,1H3. The van der Waals surface area contributed by atoms with Crippen LogP contribution in [-0.2, 0) is 11.3 Å². The van der Waals surface area contributed by atoms with Crippen molar-refractivity contribution in [3.63, 3.8) is 0 Å². The second-order valence-corrected chi connectivity index (χ2v) is 5.23. The van der Waals surface area contributed by atoms with Crippen LogP contribution in [0, 0.1) is 5.92 Å². The lowest BCUT2D eigenvalue weighted by Gasteiger charge is -2.26. The van der Waals surface area contributed by atoms with Crippen LogP contribution in [0.2, 0.25) is 0 Å². The minimum absolute atomic E-state index is 0.00981. The first-order valence-corrected chi connectivity index (χ1v) is 6.70. The monoisotopic (exact) mass is 250 g/mol. The Kier molecular flexibility index (Phi) is 4.42. The number of furan rings is 1. The van der Waals surface area contributed by atoms with E-state index in [4.69, 9.17) is 10.2 Å². The highest BCUT2D eigenvalue weighted by Crippen LogP contribution is 2.24. The fourth-order valence-corrected chi connectivity index (χ4v) is 2.66. The molecule has 0 bridgehead atoms. The van der Waals surface area contributed by atoms with Crippen LogP contribution in [0.5, 0.6) is 0 Å². The molecule has 1 fully saturated rings. The molecule has 0 aromatic carbocycles. The first-order valence-electron chi connectivity index (χ1n) is 6.70. The van der Waals surface area contributed by atoms with Crippen LogP contribution in [0.1, 0.15) is 37.7 Å². The van der Waals surface area contributed by atoms with E-state index >= 15 is 0 Å². The van der Waals surface area contributed by atoms with Gasteiger partial charge in [0.25, 0.3) is 0 Å². The van der Waals surface area contributed by atoms with Gasteiger partial charge in [0.15, 0.2) is 0 Å². The van der Waals surface area contributed by atoms with E-state index in [1.54, 1.807) is 17.4 Å². The molecular weight excluding hydrogens is 228 g/mol. The Balaban J connectivity index is 1.96. The van der Waals surface area contributed by atoms with Gasteiger partial charge in [-0.3, -0.25) is 4.79 Å². The zero-order valence-corrected chi connectivity index (χ0v) is 11.0. The molecule has 0 spiro atoms. The van der Waals surface area contributed by atoms with E-state index in [0.717, 1.165) is 31.2 Å². The SMILES string of the molecule is CN(Cc1ccoc1)C(=O)C1CCCCCC1N. The lowest BCUT2D eigenvalue weighted by Crippen LogP contribution is -2.41. The van der Waals surface area contributed by atoms with E-state index < -0.39 is 0 Å². The van der Waals surface area contributed by atoms with Crippen LogP contribution in [-0.4, -0.2) is 23.9 Å². The van der Waals surface area contributed by atoms with Crippen molar-refractivity contribution in [2.45, 2.75) is 44.7 Å². The van der Waals surface area contributed by atoms with Crippen molar-refractivity contribution in [2.75, 3.05) is 7.05 Å². The van der Waals surface area contributed by atoms with Crippen molar-refractivity contribution < 1.29 is 9.21 Å². The zero-order chi connectivity index (χ0) is 13.0. The van der Waals surface area contributed by atoms with Crippen molar-refractivity contribution in [3.8, 4) is 0 Å². The highest BCUT2D eigenvalue weighted by Gasteiger charge is 2.29. The quantitative estimate of drug-likeness (QED) is 0.836.